The molecule has 1 nitrogen and oxygen atoms in total. The van der Waals surface area contributed by atoms with E-state index in [1.165, 1.54) is 30.1 Å². The van der Waals surface area contributed by atoms with Gasteiger partial charge < -0.3 is 5.32 Å². The molecule has 0 spiro atoms. The first-order valence-electron chi connectivity index (χ1n) is 4.82. The molecule has 1 fully saturated rings. The molecule has 1 aliphatic rings. The molecule has 0 saturated carbocycles. The summed E-state index contributed by atoms with van der Waals surface area (Å²) >= 11 is 4.15. The predicted octanol–water partition coefficient (Wildman–Crippen LogP) is 2.57. The zero-order chi connectivity index (χ0) is 8.81. The van der Waals surface area contributed by atoms with Gasteiger partial charge in [0.1, 0.15) is 0 Å². The Balaban J connectivity index is 2.03. The smallest absolute Gasteiger partial charge is 0.0543 e. The zero-order valence-corrected chi connectivity index (χ0v) is 9.64. The second kappa shape index (κ2) is 6.17. The number of thioether (sulfide) groups is 2. The molecular weight excluding hydrogens is 186 g/mol. The maximum atomic E-state index is 3.65. The largest absolute Gasteiger partial charge is 0.302 e. The fourth-order valence-corrected chi connectivity index (χ4v) is 3.54. The minimum atomic E-state index is 0.744. The maximum Gasteiger partial charge on any atom is 0.0543 e. The zero-order valence-electron chi connectivity index (χ0n) is 8.01. The van der Waals surface area contributed by atoms with Crippen LogP contribution in [-0.2, 0) is 0 Å². The summed E-state index contributed by atoms with van der Waals surface area (Å²) < 4.78 is 0. The van der Waals surface area contributed by atoms with Crippen LogP contribution < -0.4 is 5.32 Å². The van der Waals surface area contributed by atoms with Crippen LogP contribution in [0.1, 0.15) is 26.7 Å². The Kier molecular flexibility index (Phi) is 5.52. The molecule has 1 saturated heterocycles. The Bertz CT molecular complexity index is 119. The lowest BCUT2D eigenvalue weighted by Crippen LogP contribution is -2.29. The molecule has 2 unspecified atom stereocenters. The Morgan fingerprint density at radius 2 is 2.33 bits per heavy atom. The highest BCUT2D eigenvalue weighted by Crippen LogP contribution is 2.23. The highest BCUT2D eigenvalue weighted by atomic mass is 32.2. The quantitative estimate of drug-likeness (QED) is 0.693. The van der Waals surface area contributed by atoms with Crippen molar-refractivity contribution in [2.45, 2.75) is 38.1 Å². The third kappa shape index (κ3) is 3.58. The van der Waals surface area contributed by atoms with Crippen molar-refractivity contribution in [1.82, 2.24) is 5.32 Å². The summed E-state index contributed by atoms with van der Waals surface area (Å²) in [5.74, 6) is 3.89. The van der Waals surface area contributed by atoms with Crippen LogP contribution in [0.4, 0.5) is 0 Å². The summed E-state index contributed by atoms with van der Waals surface area (Å²) in [4.78, 5) is 0. The van der Waals surface area contributed by atoms with Crippen LogP contribution in [0.15, 0.2) is 0 Å². The van der Waals surface area contributed by atoms with Crippen LogP contribution in [0, 0.1) is 0 Å². The van der Waals surface area contributed by atoms with Crippen molar-refractivity contribution in [3.05, 3.63) is 0 Å². The van der Waals surface area contributed by atoms with E-state index in [9.17, 15) is 0 Å². The van der Waals surface area contributed by atoms with Crippen LogP contribution in [0.25, 0.3) is 0 Å². The molecule has 72 valence electrons. The summed E-state index contributed by atoms with van der Waals surface area (Å²) in [6.45, 7) is 4.50. The lowest BCUT2D eigenvalue weighted by Gasteiger charge is -2.10. The Morgan fingerprint density at radius 3 is 2.92 bits per heavy atom. The minimum absolute atomic E-state index is 0.744. The molecule has 0 aliphatic carbocycles. The van der Waals surface area contributed by atoms with Gasteiger partial charge in [0, 0.05) is 11.8 Å². The third-order valence-corrected chi connectivity index (χ3v) is 4.44. The van der Waals surface area contributed by atoms with Gasteiger partial charge in [-0.1, -0.05) is 13.8 Å². The van der Waals surface area contributed by atoms with Gasteiger partial charge in [-0.25, -0.2) is 0 Å². The summed E-state index contributed by atoms with van der Waals surface area (Å²) in [7, 11) is 0. The first-order chi connectivity index (χ1) is 5.86. The average Bonchev–Trinajstić information content (AvgIpc) is 2.53. The van der Waals surface area contributed by atoms with Gasteiger partial charge in [0.2, 0.25) is 0 Å². The van der Waals surface area contributed by atoms with Crippen molar-refractivity contribution >= 4 is 23.5 Å². The van der Waals surface area contributed by atoms with Gasteiger partial charge in [-0.05, 0) is 24.3 Å². The summed E-state index contributed by atoms with van der Waals surface area (Å²) in [5.41, 5.74) is 0. The highest BCUT2D eigenvalue weighted by molar-refractivity contribution is 8.00. The van der Waals surface area contributed by atoms with Crippen molar-refractivity contribution in [1.29, 1.82) is 0 Å². The standard InChI is InChI=1S/C9H19NS2/c1-3-8-7-12-9(10-8)5-6-11-4-2/h8-10H,3-7H2,1-2H3. The van der Waals surface area contributed by atoms with Gasteiger partial charge in [-0.3, -0.25) is 0 Å². The van der Waals surface area contributed by atoms with Gasteiger partial charge in [-0.2, -0.15) is 11.8 Å². The van der Waals surface area contributed by atoms with Gasteiger partial charge in [0.05, 0.1) is 5.37 Å². The van der Waals surface area contributed by atoms with Crippen LogP contribution >= 0.6 is 23.5 Å². The van der Waals surface area contributed by atoms with Gasteiger partial charge >= 0.3 is 0 Å². The van der Waals surface area contributed by atoms with E-state index in [4.69, 9.17) is 0 Å². The average molecular weight is 205 g/mol. The van der Waals surface area contributed by atoms with Crippen LogP contribution in [0.5, 0.6) is 0 Å². The number of hydrogen-bond donors (Lipinski definition) is 1. The second-order valence-electron chi connectivity index (χ2n) is 3.08. The summed E-state index contributed by atoms with van der Waals surface area (Å²) in [6.07, 6.45) is 2.62. The number of hydrogen-bond acceptors (Lipinski definition) is 3. The predicted molar refractivity (Wildman–Crippen MR) is 61.1 cm³/mol. The third-order valence-electron chi connectivity index (χ3n) is 2.14. The van der Waals surface area contributed by atoms with E-state index in [2.05, 4.69) is 42.7 Å². The molecule has 0 aromatic rings. The second-order valence-corrected chi connectivity index (χ2v) is 5.71. The topological polar surface area (TPSA) is 12.0 Å². The van der Waals surface area contributed by atoms with Gasteiger partial charge in [0.25, 0.3) is 0 Å². The van der Waals surface area contributed by atoms with Crippen molar-refractivity contribution < 1.29 is 0 Å². The molecule has 0 radical (unpaired) electrons. The molecule has 3 heteroatoms. The monoisotopic (exact) mass is 205 g/mol. The number of rotatable bonds is 5. The van der Waals surface area contributed by atoms with E-state index < -0.39 is 0 Å². The molecule has 0 amide bonds. The van der Waals surface area contributed by atoms with E-state index in [0.717, 1.165) is 11.4 Å². The fraction of sp³-hybridized carbons (Fsp3) is 1.00. The van der Waals surface area contributed by atoms with E-state index in [0.29, 0.717) is 0 Å². The first-order valence-corrected chi connectivity index (χ1v) is 7.02. The SMILES string of the molecule is CCSCCC1NC(CC)CS1. The summed E-state index contributed by atoms with van der Waals surface area (Å²) in [5, 5.41) is 4.39. The van der Waals surface area contributed by atoms with Gasteiger partial charge in [-0.15, -0.1) is 11.8 Å². The lowest BCUT2D eigenvalue weighted by molar-refractivity contribution is 0.545. The molecule has 1 rings (SSSR count). The van der Waals surface area contributed by atoms with Crippen molar-refractivity contribution in [3.8, 4) is 0 Å². The van der Waals surface area contributed by atoms with E-state index in [-0.39, 0.29) is 0 Å². The van der Waals surface area contributed by atoms with Crippen molar-refractivity contribution in [2.24, 2.45) is 0 Å². The highest BCUT2D eigenvalue weighted by Gasteiger charge is 2.21. The molecule has 12 heavy (non-hydrogen) atoms. The first kappa shape index (κ1) is 10.7. The Labute approximate surface area is 84.4 Å². The maximum absolute atomic E-state index is 3.65. The van der Waals surface area contributed by atoms with E-state index in [1.807, 2.05) is 0 Å². The normalized spacial score (nSPS) is 29.5. The number of nitrogens with one attached hydrogen (secondary N) is 1. The van der Waals surface area contributed by atoms with Crippen LogP contribution in [0.3, 0.4) is 0 Å². The lowest BCUT2D eigenvalue weighted by atomic mass is 10.2. The molecule has 0 aromatic carbocycles. The molecule has 0 bridgehead atoms. The van der Waals surface area contributed by atoms with E-state index in [1.54, 1.807) is 0 Å². The van der Waals surface area contributed by atoms with Crippen LogP contribution in [-0.4, -0.2) is 28.7 Å². The van der Waals surface area contributed by atoms with Crippen molar-refractivity contribution in [2.75, 3.05) is 17.3 Å². The van der Waals surface area contributed by atoms with Gasteiger partial charge in [0.15, 0.2) is 0 Å². The Morgan fingerprint density at radius 1 is 1.50 bits per heavy atom. The molecule has 1 N–H and O–H groups in total. The van der Waals surface area contributed by atoms with Crippen LogP contribution in [0.2, 0.25) is 0 Å². The molecule has 1 heterocycles. The van der Waals surface area contributed by atoms with Crippen molar-refractivity contribution in [3.63, 3.8) is 0 Å². The fourth-order valence-electron chi connectivity index (χ4n) is 1.33. The molecule has 0 aromatic heterocycles. The summed E-state index contributed by atoms with van der Waals surface area (Å²) in [6, 6.07) is 0.784. The molecule has 2 atom stereocenters. The Hall–Kier alpha value is 0.660. The van der Waals surface area contributed by atoms with E-state index >= 15 is 0 Å². The minimum Gasteiger partial charge on any atom is -0.302 e. The molecule has 1 aliphatic heterocycles. The molecular formula is C9H19NS2.